The highest BCUT2D eigenvalue weighted by molar-refractivity contribution is 14.1. The molecule has 39 heavy (non-hydrogen) atoms. The fourth-order valence-electron chi connectivity index (χ4n) is 4.99. The molecule has 0 radical (unpaired) electrons. The number of fused-ring (bicyclic) bond motifs is 2. The van der Waals surface area contributed by atoms with Crippen molar-refractivity contribution < 1.29 is 11.7 Å². The second-order valence-corrected chi connectivity index (χ2v) is 11.0. The van der Waals surface area contributed by atoms with Crippen molar-refractivity contribution in [1.29, 1.82) is 0 Å². The first-order chi connectivity index (χ1) is 19.1. The van der Waals surface area contributed by atoms with Gasteiger partial charge in [-0.3, -0.25) is 13.8 Å². The van der Waals surface area contributed by atoms with E-state index in [2.05, 4.69) is 30.2 Å². The van der Waals surface area contributed by atoms with Crippen molar-refractivity contribution in [3.8, 4) is 11.1 Å². The monoisotopic (exact) mass is 655 g/mol. The molecule has 1 amide bonds. The van der Waals surface area contributed by atoms with E-state index in [4.69, 9.17) is 2.51 Å². The fraction of sp³-hybridized carbons (Fsp3) is 0.222. The van der Waals surface area contributed by atoms with E-state index in [9.17, 15) is 4.79 Å². The number of hydrogen-bond donors (Lipinski definition) is 1. The zero-order valence-electron chi connectivity index (χ0n) is 20.7. The minimum Gasteiger partial charge on any atom is -0.371 e. The number of nitrogens with zero attached hydrogens (tertiary/aromatic N) is 6. The van der Waals surface area contributed by atoms with Gasteiger partial charge in [0.25, 0.3) is 5.91 Å². The first-order valence-corrected chi connectivity index (χ1v) is 14.0. The Labute approximate surface area is 242 Å². The van der Waals surface area contributed by atoms with Crippen molar-refractivity contribution in [2.75, 3.05) is 18.0 Å². The van der Waals surface area contributed by atoms with E-state index in [1.54, 1.807) is 51.6 Å². The maximum Gasteiger partial charge on any atom is 0.253 e. The second-order valence-electron chi connectivity index (χ2n) is 9.26. The first kappa shape index (κ1) is 25.9. The van der Waals surface area contributed by atoms with Crippen molar-refractivity contribution in [1.82, 2.24) is 29.2 Å². The molecule has 9 nitrogen and oxygen atoms in total. The third-order valence-corrected chi connectivity index (χ3v) is 7.81. The van der Waals surface area contributed by atoms with Gasteiger partial charge in [-0.1, -0.05) is 0 Å². The summed E-state index contributed by atoms with van der Waals surface area (Å²) >= 11 is 2.88. The fourth-order valence-corrected chi connectivity index (χ4v) is 5.94. The smallest absolute Gasteiger partial charge is 0.253 e. The molecule has 0 saturated carbocycles. The number of piperidine rings is 1. The standard InChI is InChI=1S/C27H23FIN7O2S/c28-23-10-18(8-21-24(4-5-32-25(21)23)35-6-2-1-3-7-35)22-15-36(39-38-29)26-20(22)9-19(14-33-26)27(37)34-13-17-11-30-16-31-12-17/h4-5,8-12,14-16H,1-3,6-7,13H2,(H,34,37). The Morgan fingerprint density at radius 2 is 1.90 bits per heavy atom. The number of carbonyl (C=O) groups excluding carboxylic acids is 1. The predicted octanol–water partition coefficient (Wildman–Crippen LogP) is 5.88. The van der Waals surface area contributed by atoms with Crippen LogP contribution in [0.3, 0.4) is 0 Å². The zero-order valence-corrected chi connectivity index (χ0v) is 23.7. The van der Waals surface area contributed by atoms with Crippen LogP contribution in [0.2, 0.25) is 0 Å². The lowest BCUT2D eigenvalue weighted by atomic mass is 10.0. The van der Waals surface area contributed by atoms with Crippen molar-refractivity contribution in [3.63, 3.8) is 0 Å². The Kier molecular flexibility index (Phi) is 7.57. The number of amides is 1. The van der Waals surface area contributed by atoms with E-state index in [1.165, 1.54) is 25.0 Å². The van der Waals surface area contributed by atoms with Gasteiger partial charge < -0.3 is 10.2 Å². The van der Waals surface area contributed by atoms with Crippen LogP contribution in [0.25, 0.3) is 33.1 Å². The Hall–Kier alpha value is -3.36. The maximum atomic E-state index is 15.5. The van der Waals surface area contributed by atoms with Crippen molar-refractivity contribution in [2.24, 2.45) is 0 Å². The van der Waals surface area contributed by atoms with Crippen LogP contribution in [0.1, 0.15) is 35.2 Å². The highest BCUT2D eigenvalue weighted by Crippen LogP contribution is 2.38. The highest BCUT2D eigenvalue weighted by Gasteiger charge is 2.20. The summed E-state index contributed by atoms with van der Waals surface area (Å²) in [6.07, 6.45) is 13.2. The average molecular weight is 655 g/mol. The van der Waals surface area contributed by atoms with Crippen LogP contribution in [-0.2, 0) is 9.06 Å². The third kappa shape index (κ3) is 5.28. The van der Waals surface area contributed by atoms with Gasteiger partial charge in [0.1, 0.15) is 52.9 Å². The molecule has 5 heterocycles. The minimum absolute atomic E-state index is 0.284. The molecule has 4 aromatic heterocycles. The molecule has 6 rings (SSSR count). The van der Waals surface area contributed by atoms with Crippen LogP contribution < -0.4 is 10.2 Å². The van der Waals surface area contributed by atoms with Crippen molar-refractivity contribution in [2.45, 2.75) is 25.8 Å². The van der Waals surface area contributed by atoms with Gasteiger partial charge in [0.2, 0.25) is 0 Å². The lowest BCUT2D eigenvalue weighted by molar-refractivity contribution is 0.0950. The molecular formula is C27H23FIN7O2S. The SMILES string of the molecule is O=C(NCc1cncnc1)c1cnc2c(c1)c(-c1cc(F)c3nccc(N4CCCCC4)c3c1)cn2SOI. The molecule has 1 N–H and O–H groups in total. The van der Waals surface area contributed by atoms with Crippen LogP contribution >= 0.6 is 35.2 Å². The molecular weight excluding hydrogens is 632 g/mol. The second kappa shape index (κ2) is 11.4. The minimum atomic E-state index is -0.396. The number of carbonyl (C=O) groups is 1. The van der Waals surface area contributed by atoms with E-state index in [1.807, 2.05) is 18.3 Å². The lowest BCUT2D eigenvalue weighted by Crippen LogP contribution is -2.29. The molecule has 0 aliphatic carbocycles. The van der Waals surface area contributed by atoms with E-state index in [0.717, 1.165) is 60.4 Å². The summed E-state index contributed by atoms with van der Waals surface area (Å²) < 4.78 is 22.5. The van der Waals surface area contributed by atoms with Crippen LogP contribution in [0.15, 0.2) is 61.6 Å². The normalized spacial score (nSPS) is 13.7. The Bertz CT molecular complexity index is 1660. The van der Waals surface area contributed by atoms with Crippen LogP contribution in [-0.4, -0.2) is 42.9 Å². The summed E-state index contributed by atoms with van der Waals surface area (Å²) in [6.45, 7) is 2.16. The average Bonchev–Trinajstić information content (AvgIpc) is 3.34. The zero-order chi connectivity index (χ0) is 26.8. The van der Waals surface area contributed by atoms with E-state index in [-0.39, 0.29) is 12.5 Å². The molecule has 5 aromatic rings. The summed E-state index contributed by atoms with van der Waals surface area (Å²) in [4.78, 5) is 32.1. The Morgan fingerprint density at radius 1 is 1.08 bits per heavy atom. The van der Waals surface area contributed by atoms with Crippen molar-refractivity contribution in [3.05, 3.63) is 78.5 Å². The largest absolute Gasteiger partial charge is 0.371 e. The Morgan fingerprint density at radius 3 is 2.69 bits per heavy atom. The van der Waals surface area contributed by atoms with E-state index < -0.39 is 5.82 Å². The maximum absolute atomic E-state index is 15.5. The van der Waals surface area contributed by atoms with E-state index >= 15 is 4.39 Å². The molecule has 0 spiro atoms. The predicted molar refractivity (Wildman–Crippen MR) is 158 cm³/mol. The molecule has 1 aliphatic rings. The van der Waals surface area contributed by atoms with Gasteiger partial charge in [0, 0.05) is 78.2 Å². The molecule has 1 aromatic carbocycles. The lowest BCUT2D eigenvalue weighted by Gasteiger charge is -2.29. The molecule has 12 heteroatoms. The molecule has 198 valence electrons. The van der Waals surface area contributed by atoms with Gasteiger partial charge in [-0.2, -0.15) is 0 Å². The molecule has 1 fully saturated rings. The van der Waals surface area contributed by atoms with Gasteiger partial charge in [-0.05, 0) is 49.1 Å². The topological polar surface area (TPSA) is 98.1 Å². The van der Waals surface area contributed by atoms with Gasteiger partial charge in [0.05, 0.1) is 5.56 Å². The number of anilines is 1. The first-order valence-electron chi connectivity index (χ1n) is 12.4. The van der Waals surface area contributed by atoms with E-state index in [0.29, 0.717) is 27.7 Å². The molecule has 1 saturated heterocycles. The number of nitrogens with one attached hydrogen (secondary N) is 1. The van der Waals surface area contributed by atoms with Gasteiger partial charge in [0.15, 0.2) is 5.65 Å². The molecule has 0 atom stereocenters. The van der Waals surface area contributed by atoms with Crippen LogP contribution in [0.5, 0.6) is 0 Å². The number of rotatable bonds is 7. The summed E-state index contributed by atoms with van der Waals surface area (Å²) in [6, 6.07) is 7.20. The summed E-state index contributed by atoms with van der Waals surface area (Å²) in [5.41, 5.74) is 4.50. The summed E-state index contributed by atoms with van der Waals surface area (Å²) in [7, 11) is 0. The molecule has 0 bridgehead atoms. The highest BCUT2D eigenvalue weighted by atomic mass is 127. The van der Waals surface area contributed by atoms with Gasteiger partial charge >= 0.3 is 0 Å². The van der Waals surface area contributed by atoms with Crippen molar-refractivity contribution >= 4 is 68.8 Å². The number of halogens is 2. The summed E-state index contributed by atoms with van der Waals surface area (Å²) in [5, 5.41) is 4.34. The quantitative estimate of drug-likeness (QED) is 0.172. The van der Waals surface area contributed by atoms with Gasteiger partial charge in [-0.15, -0.1) is 0 Å². The van der Waals surface area contributed by atoms with Crippen LogP contribution in [0, 0.1) is 5.82 Å². The third-order valence-electron chi connectivity index (χ3n) is 6.83. The summed E-state index contributed by atoms with van der Waals surface area (Å²) in [5.74, 6) is -0.682. The number of pyridine rings is 2. The number of benzene rings is 1. The number of hydrogen-bond acceptors (Lipinski definition) is 8. The number of aromatic nitrogens is 5. The van der Waals surface area contributed by atoms with Crippen LogP contribution in [0.4, 0.5) is 10.1 Å². The van der Waals surface area contributed by atoms with Gasteiger partial charge in [-0.25, -0.2) is 21.9 Å². The molecule has 0 unspecified atom stereocenters. The molecule has 1 aliphatic heterocycles. The Balaban J connectivity index is 1.43.